The first-order valence-electron chi connectivity index (χ1n) is 21.5. The highest BCUT2D eigenvalue weighted by Gasteiger charge is 2.36. The van der Waals surface area contributed by atoms with Crippen molar-refractivity contribution in [2.75, 3.05) is 26.3 Å². The number of carbonyl (C=O) groups excluding carboxylic acids is 5. The van der Waals surface area contributed by atoms with Gasteiger partial charge in [0, 0.05) is 44.9 Å². The van der Waals surface area contributed by atoms with Crippen molar-refractivity contribution in [3.05, 3.63) is 54.1 Å². The Bertz CT molecular complexity index is 1800. The number of aromatic nitrogens is 2. The largest absolute Gasteiger partial charge is 0.481 e. The van der Waals surface area contributed by atoms with Gasteiger partial charge >= 0.3 is 13.8 Å². The molecule has 3 rings (SSSR count). The molecule has 0 bridgehead atoms. The minimum absolute atomic E-state index is 0.0546. The normalized spacial score (nSPS) is 16.8. The summed E-state index contributed by atoms with van der Waals surface area (Å²) in [5, 5.41) is 29.4. The molecule has 7 N–H and O–H groups in total. The average Bonchev–Trinajstić information content (AvgIpc) is 3.89. The number of benzene rings is 1. The molecule has 346 valence electrons. The summed E-state index contributed by atoms with van der Waals surface area (Å²) in [5.41, 5.74) is 1.96. The van der Waals surface area contributed by atoms with Gasteiger partial charge in [0.2, 0.25) is 29.5 Å². The summed E-state index contributed by atoms with van der Waals surface area (Å²) in [7, 11) is -4.67. The fourth-order valence-electron chi connectivity index (χ4n) is 7.14. The first kappa shape index (κ1) is 51.7. The van der Waals surface area contributed by atoms with Crippen LogP contribution >= 0.6 is 7.82 Å². The summed E-state index contributed by atoms with van der Waals surface area (Å²) in [6.07, 6.45) is 10.1. The van der Waals surface area contributed by atoms with Crippen molar-refractivity contribution >= 4 is 43.3 Å². The third-order valence-electron chi connectivity index (χ3n) is 10.4. The van der Waals surface area contributed by atoms with Crippen LogP contribution in [0.1, 0.15) is 103 Å². The van der Waals surface area contributed by atoms with Gasteiger partial charge in [-0.25, -0.2) is 9.55 Å². The van der Waals surface area contributed by atoms with Crippen LogP contribution in [0.15, 0.2) is 42.9 Å². The minimum Gasteiger partial charge on any atom is -0.481 e. The van der Waals surface area contributed by atoms with Crippen LogP contribution in [0.2, 0.25) is 0 Å². The molecule has 1 unspecified atom stereocenters. The number of phosphoric acid groups is 1. The third kappa shape index (κ3) is 18.7. The Morgan fingerprint density at radius 1 is 0.903 bits per heavy atom. The predicted molar refractivity (Wildman–Crippen MR) is 228 cm³/mol. The Balaban J connectivity index is 1.69. The first-order chi connectivity index (χ1) is 29.5. The van der Waals surface area contributed by atoms with Crippen molar-refractivity contribution in [2.45, 2.75) is 142 Å². The van der Waals surface area contributed by atoms with Gasteiger partial charge in [0.05, 0.1) is 32.1 Å². The molecule has 1 aromatic carbocycles. The smallest absolute Gasteiger partial charge is 0.472 e. The molecule has 6 atom stereocenters. The number of aryl methyl sites for hydroxylation is 2. The van der Waals surface area contributed by atoms with E-state index in [0.717, 1.165) is 44.9 Å². The average molecular weight is 892 g/mol. The molecule has 0 radical (unpaired) electrons. The fourth-order valence-corrected chi connectivity index (χ4v) is 8.05. The molecule has 0 aliphatic carbocycles. The summed E-state index contributed by atoms with van der Waals surface area (Å²) < 4.78 is 23.6. The van der Waals surface area contributed by atoms with Gasteiger partial charge in [0.15, 0.2) is 0 Å². The molecule has 1 aliphatic heterocycles. The zero-order valence-corrected chi connectivity index (χ0v) is 37.2. The van der Waals surface area contributed by atoms with Crippen molar-refractivity contribution in [3.63, 3.8) is 0 Å². The highest BCUT2D eigenvalue weighted by atomic mass is 31.2. The van der Waals surface area contributed by atoms with Crippen LogP contribution in [0.25, 0.3) is 0 Å². The zero-order chi connectivity index (χ0) is 45.7. The number of rotatable bonds is 29. The van der Waals surface area contributed by atoms with E-state index in [0.29, 0.717) is 31.6 Å². The monoisotopic (exact) mass is 891 g/mol. The Morgan fingerprint density at radius 3 is 2.23 bits per heavy atom. The van der Waals surface area contributed by atoms with Gasteiger partial charge in [-0.05, 0) is 56.9 Å². The van der Waals surface area contributed by atoms with Gasteiger partial charge in [-0.2, -0.15) is 0 Å². The standard InChI is InChI=1S/C42H66N7O12P/c1-29(2)23-34(46-42(57)37-18-14-21-49(37)31(4)51)40(55)45-35(24-33-26-43-28-48(33)20-13-8-6-5-7-10-15-32-16-11-9-12-17-32)41(56)47-36(27-50)39(54)44-25-30(3)61-62(58,59)60-22-19-38(52)53/h9,11-12,16-17,26,28-30,34-37,50H,5-8,10,13-15,18-25,27H2,1-4H3,(H,44,54)(H,45,55)(H,46,57)(H,47,56)(H,52,53)(H,58,59)/t30-,34+,35+,36+,37+/m1/s1. The van der Waals surface area contributed by atoms with E-state index >= 15 is 0 Å². The van der Waals surface area contributed by atoms with E-state index in [4.69, 9.17) is 9.63 Å². The number of carboxylic acid groups (broad SMARTS) is 1. The van der Waals surface area contributed by atoms with E-state index < -0.39 is 87.3 Å². The van der Waals surface area contributed by atoms with E-state index in [2.05, 4.69) is 55.0 Å². The van der Waals surface area contributed by atoms with Crippen LogP contribution in [0.4, 0.5) is 0 Å². The number of nitrogens with zero attached hydrogens (tertiary/aromatic N) is 3. The molecule has 5 amide bonds. The summed E-state index contributed by atoms with van der Waals surface area (Å²) >= 11 is 0. The Labute approximate surface area is 363 Å². The highest BCUT2D eigenvalue weighted by Crippen LogP contribution is 2.44. The lowest BCUT2D eigenvalue weighted by atomic mass is 10.0. The second kappa shape index (κ2) is 26.7. The van der Waals surface area contributed by atoms with E-state index in [1.165, 1.54) is 24.3 Å². The van der Waals surface area contributed by atoms with Gasteiger partial charge in [-0.15, -0.1) is 0 Å². The van der Waals surface area contributed by atoms with Gasteiger partial charge in [0.1, 0.15) is 24.2 Å². The summed E-state index contributed by atoms with van der Waals surface area (Å²) in [5.74, 6) is -4.38. The lowest BCUT2D eigenvalue weighted by Crippen LogP contribution is -2.59. The SMILES string of the molecule is CC(=O)N1CCC[C@H]1C(=O)N[C@@H](CC(C)C)C(=O)N[C@@H](Cc1cncn1CCCCCCCCc1ccccc1)C(=O)N[C@@H](CO)C(=O)NC[C@@H](C)OP(=O)(O)OCCC(=O)O. The number of nitrogens with one attached hydrogen (secondary N) is 4. The number of carbonyl (C=O) groups is 6. The summed E-state index contributed by atoms with van der Waals surface area (Å²) in [4.78, 5) is 93.1. The number of hydrogen-bond donors (Lipinski definition) is 7. The van der Waals surface area contributed by atoms with Crippen LogP contribution in [0, 0.1) is 5.92 Å². The molecular weight excluding hydrogens is 825 g/mol. The second-order valence-corrected chi connectivity index (χ2v) is 17.5. The number of aliphatic carboxylic acids is 1. The van der Waals surface area contributed by atoms with E-state index in [1.807, 2.05) is 24.5 Å². The number of likely N-dealkylation sites (tertiary alicyclic amines) is 1. The molecule has 0 saturated carbocycles. The molecule has 62 heavy (non-hydrogen) atoms. The highest BCUT2D eigenvalue weighted by molar-refractivity contribution is 7.47. The maximum atomic E-state index is 14.0. The van der Waals surface area contributed by atoms with Crippen molar-refractivity contribution in [3.8, 4) is 0 Å². The van der Waals surface area contributed by atoms with Gasteiger partial charge in [0.25, 0.3) is 0 Å². The quantitative estimate of drug-likeness (QED) is 0.0458. The number of imidazole rings is 1. The van der Waals surface area contributed by atoms with Gasteiger partial charge < -0.3 is 45.8 Å². The molecule has 1 aromatic heterocycles. The Morgan fingerprint density at radius 2 is 1.56 bits per heavy atom. The van der Waals surface area contributed by atoms with Crippen molar-refractivity contribution in [1.29, 1.82) is 0 Å². The number of amides is 5. The molecule has 1 fully saturated rings. The fraction of sp³-hybridized carbons (Fsp3) is 0.643. The number of hydrogen-bond acceptors (Lipinski definition) is 11. The number of carboxylic acids is 1. The lowest BCUT2D eigenvalue weighted by Gasteiger charge is -2.28. The van der Waals surface area contributed by atoms with Crippen molar-refractivity contribution in [2.24, 2.45) is 5.92 Å². The van der Waals surface area contributed by atoms with E-state index in [9.17, 15) is 43.3 Å². The Hall–Kier alpha value is -4.68. The zero-order valence-electron chi connectivity index (χ0n) is 36.3. The van der Waals surface area contributed by atoms with Gasteiger partial charge in [-0.1, -0.05) is 69.9 Å². The lowest BCUT2D eigenvalue weighted by molar-refractivity contribution is -0.138. The molecular formula is C42H66N7O12P. The second-order valence-electron chi connectivity index (χ2n) is 16.1. The minimum atomic E-state index is -4.67. The van der Waals surface area contributed by atoms with Crippen molar-refractivity contribution < 1.29 is 57.5 Å². The number of unbranched alkanes of at least 4 members (excludes halogenated alkanes) is 5. The topological polar surface area (TPSA) is 268 Å². The summed E-state index contributed by atoms with van der Waals surface area (Å²) in [6, 6.07) is 5.76. The molecule has 2 heterocycles. The summed E-state index contributed by atoms with van der Waals surface area (Å²) in [6.45, 7) is 5.71. The van der Waals surface area contributed by atoms with E-state index in [-0.39, 0.29) is 31.2 Å². The molecule has 1 aliphatic rings. The number of phosphoric ester groups is 1. The van der Waals surface area contributed by atoms with Crippen LogP contribution in [-0.2, 0) is 61.8 Å². The maximum absolute atomic E-state index is 14.0. The first-order valence-corrected chi connectivity index (χ1v) is 23.0. The number of aliphatic hydroxyl groups excluding tert-OH is 1. The molecule has 20 heteroatoms. The molecule has 19 nitrogen and oxygen atoms in total. The number of aliphatic hydroxyl groups is 1. The van der Waals surface area contributed by atoms with Gasteiger partial charge in [-0.3, -0.25) is 37.8 Å². The van der Waals surface area contributed by atoms with Crippen LogP contribution in [0.5, 0.6) is 0 Å². The van der Waals surface area contributed by atoms with Crippen LogP contribution in [0.3, 0.4) is 0 Å². The third-order valence-corrected chi connectivity index (χ3v) is 11.5. The molecule has 1 saturated heterocycles. The Kier molecular flexibility index (Phi) is 22.3. The maximum Gasteiger partial charge on any atom is 0.472 e. The van der Waals surface area contributed by atoms with Crippen LogP contribution in [-0.4, -0.2) is 122 Å². The van der Waals surface area contributed by atoms with E-state index in [1.54, 1.807) is 12.5 Å². The predicted octanol–water partition coefficient (Wildman–Crippen LogP) is 2.63. The van der Waals surface area contributed by atoms with Crippen molar-refractivity contribution in [1.82, 2.24) is 35.7 Å². The molecule has 0 spiro atoms. The van der Waals surface area contributed by atoms with Crippen LogP contribution < -0.4 is 21.3 Å². The molecule has 2 aromatic rings.